The van der Waals surface area contributed by atoms with Crippen molar-refractivity contribution in [1.82, 2.24) is 4.72 Å². The Labute approximate surface area is 127 Å². The van der Waals surface area contributed by atoms with Crippen LogP contribution in [-0.4, -0.2) is 33.3 Å². The number of carbonyl (C=O) groups is 1. The smallest absolute Gasteiger partial charge is 0.310 e. The predicted octanol–water partition coefficient (Wildman–Crippen LogP) is 2.22. The standard InChI is InChI=1S/C15H27NO4S/c1-20-15(17)13-8-5-9-14(13)21(18,19)16-11-10-12-6-3-2-4-7-12/h12-14,16H,2-11H2,1H3. The van der Waals surface area contributed by atoms with Crippen LogP contribution in [0.25, 0.3) is 0 Å². The zero-order valence-corrected chi connectivity index (χ0v) is 13.7. The Bertz CT molecular complexity index is 443. The first-order valence-electron chi connectivity index (χ1n) is 8.11. The van der Waals surface area contributed by atoms with Crippen molar-refractivity contribution in [2.45, 2.75) is 63.0 Å². The number of rotatable bonds is 6. The molecule has 0 spiro atoms. The van der Waals surface area contributed by atoms with E-state index in [2.05, 4.69) is 4.72 Å². The maximum atomic E-state index is 12.4. The fourth-order valence-electron chi connectivity index (χ4n) is 3.71. The topological polar surface area (TPSA) is 72.5 Å². The molecule has 2 unspecified atom stereocenters. The third kappa shape index (κ3) is 4.42. The van der Waals surface area contributed by atoms with Crippen LogP contribution in [0.2, 0.25) is 0 Å². The number of nitrogens with one attached hydrogen (secondary N) is 1. The summed E-state index contributed by atoms with van der Waals surface area (Å²) >= 11 is 0. The molecule has 1 N–H and O–H groups in total. The first-order valence-corrected chi connectivity index (χ1v) is 9.65. The van der Waals surface area contributed by atoms with Crippen molar-refractivity contribution in [3.63, 3.8) is 0 Å². The number of esters is 1. The second-order valence-corrected chi connectivity index (χ2v) is 8.32. The fraction of sp³-hybridized carbons (Fsp3) is 0.933. The van der Waals surface area contributed by atoms with Crippen LogP contribution in [0.4, 0.5) is 0 Å². The molecule has 0 aromatic rings. The Hall–Kier alpha value is -0.620. The number of ether oxygens (including phenoxy) is 1. The summed E-state index contributed by atoms with van der Waals surface area (Å²) in [5, 5.41) is -0.615. The highest BCUT2D eigenvalue weighted by atomic mass is 32.2. The average molecular weight is 317 g/mol. The van der Waals surface area contributed by atoms with Crippen molar-refractivity contribution in [2.75, 3.05) is 13.7 Å². The molecule has 2 atom stereocenters. The maximum Gasteiger partial charge on any atom is 0.310 e. The Morgan fingerprint density at radius 3 is 2.48 bits per heavy atom. The van der Waals surface area contributed by atoms with Crippen LogP contribution < -0.4 is 4.72 Å². The van der Waals surface area contributed by atoms with Crippen molar-refractivity contribution < 1.29 is 17.9 Å². The summed E-state index contributed by atoms with van der Waals surface area (Å²) in [4.78, 5) is 11.7. The summed E-state index contributed by atoms with van der Waals surface area (Å²) in [6.45, 7) is 0.497. The molecule has 0 bridgehead atoms. The molecule has 0 aliphatic heterocycles. The molecule has 0 aromatic heterocycles. The fourth-order valence-corrected chi connectivity index (χ4v) is 5.48. The Kier molecular flexibility index (Phi) is 6.05. The van der Waals surface area contributed by atoms with E-state index < -0.39 is 27.2 Å². The van der Waals surface area contributed by atoms with E-state index in [1.165, 1.54) is 39.2 Å². The predicted molar refractivity (Wildman–Crippen MR) is 81.3 cm³/mol. The SMILES string of the molecule is COC(=O)C1CCCC1S(=O)(=O)NCCC1CCCCC1. The van der Waals surface area contributed by atoms with Crippen molar-refractivity contribution >= 4 is 16.0 Å². The van der Waals surface area contributed by atoms with E-state index in [1.807, 2.05) is 0 Å². The molecular formula is C15H27NO4S. The highest BCUT2D eigenvalue weighted by Crippen LogP contribution is 2.32. The summed E-state index contributed by atoms with van der Waals surface area (Å²) in [6.07, 6.45) is 9.13. The minimum absolute atomic E-state index is 0.393. The zero-order chi connectivity index (χ0) is 15.3. The molecule has 21 heavy (non-hydrogen) atoms. The van der Waals surface area contributed by atoms with E-state index >= 15 is 0 Å². The Balaban J connectivity index is 1.84. The minimum atomic E-state index is -3.42. The quantitative estimate of drug-likeness (QED) is 0.762. The van der Waals surface area contributed by atoms with Crippen LogP contribution >= 0.6 is 0 Å². The average Bonchev–Trinajstić information content (AvgIpc) is 2.98. The molecule has 2 fully saturated rings. The normalized spacial score (nSPS) is 27.7. The third-order valence-electron chi connectivity index (χ3n) is 4.94. The van der Waals surface area contributed by atoms with E-state index in [1.54, 1.807) is 0 Å². The Morgan fingerprint density at radius 2 is 1.81 bits per heavy atom. The summed E-state index contributed by atoms with van der Waals surface area (Å²) in [6, 6.07) is 0. The highest BCUT2D eigenvalue weighted by Gasteiger charge is 2.41. The molecule has 2 aliphatic rings. The molecule has 0 amide bonds. The molecule has 0 heterocycles. The molecule has 0 saturated heterocycles. The van der Waals surface area contributed by atoms with Gasteiger partial charge in [-0.15, -0.1) is 0 Å². The van der Waals surface area contributed by atoms with Gasteiger partial charge in [0, 0.05) is 6.54 Å². The third-order valence-corrected chi connectivity index (χ3v) is 6.90. The zero-order valence-electron chi connectivity index (χ0n) is 12.8. The van der Waals surface area contributed by atoms with Gasteiger partial charge in [0.05, 0.1) is 18.3 Å². The molecule has 2 rings (SSSR count). The largest absolute Gasteiger partial charge is 0.469 e. The Morgan fingerprint density at radius 1 is 1.10 bits per heavy atom. The summed E-state index contributed by atoms with van der Waals surface area (Å²) < 4.78 is 32.2. The molecule has 0 radical (unpaired) electrons. The van der Waals surface area contributed by atoms with E-state index in [0.29, 0.717) is 25.3 Å². The lowest BCUT2D eigenvalue weighted by molar-refractivity contribution is -0.145. The number of carbonyl (C=O) groups excluding carboxylic acids is 1. The van der Waals surface area contributed by atoms with Gasteiger partial charge >= 0.3 is 5.97 Å². The highest BCUT2D eigenvalue weighted by molar-refractivity contribution is 7.90. The van der Waals surface area contributed by atoms with Gasteiger partial charge in [-0.25, -0.2) is 13.1 Å². The number of sulfonamides is 1. The van der Waals surface area contributed by atoms with Gasteiger partial charge in [-0.05, 0) is 25.2 Å². The molecular weight excluding hydrogens is 290 g/mol. The summed E-state index contributed by atoms with van der Waals surface area (Å²) in [5.41, 5.74) is 0. The van der Waals surface area contributed by atoms with Crippen LogP contribution in [0.1, 0.15) is 57.8 Å². The van der Waals surface area contributed by atoms with Gasteiger partial charge in [-0.1, -0.05) is 38.5 Å². The van der Waals surface area contributed by atoms with Crippen LogP contribution in [0.5, 0.6) is 0 Å². The van der Waals surface area contributed by atoms with Gasteiger partial charge in [0.15, 0.2) is 0 Å². The van der Waals surface area contributed by atoms with E-state index in [0.717, 1.165) is 12.8 Å². The monoisotopic (exact) mass is 317 g/mol. The number of hydrogen-bond acceptors (Lipinski definition) is 4. The van der Waals surface area contributed by atoms with Crippen molar-refractivity contribution in [3.05, 3.63) is 0 Å². The first-order chi connectivity index (χ1) is 10.0. The van der Waals surface area contributed by atoms with Crippen molar-refractivity contribution in [2.24, 2.45) is 11.8 Å². The number of methoxy groups -OCH3 is 1. The first kappa shape index (κ1) is 16.7. The van der Waals surface area contributed by atoms with Gasteiger partial charge in [0.2, 0.25) is 10.0 Å². The summed E-state index contributed by atoms with van der Waals surface area (Å²) in [5.74, 6) is -0.237. The lowest BCUT2D eigenvalue weighted by Crippen LogP contribution is -2.40. The van der Waals surface area contributed by atoms with Crippen molar-refractivity contribution in [1.29, 1.82) is 0 Å². The van der Waals surface area contributed by atoms with Gasteiger partial charge in [-0.2, -0.15) is 0 Å². The lowest BCUT2D eigenvalue weighted by atomic mass is 9.87. The summed E-state index contributed by atoms with van der Waals surface area (Å²) in [7, 11) is -2.10. The van der Waals surface area contributed by atoms with Crippen LogP contribution in [-0.2, 0) is 19.6 Å². The van der Waals surface area contributed by atoms with Gasteiger partial charge < -0.3 is 4.74 Å². The van der Waals surface area contributed by atoms with Gasteiger partial charge in [-0.3, -0.25) is 4.79 Å². The van der Waals surface area contributed by atoms with E-state index in [-0.39, 0.29) is 0 Å². The molecule has 2 saturated carbocycles. The molecule has 0 aromatic carbocycles. The van der Waals surface area contributed by atoms with Crippen LogP contribution in [0.15, 0.2) is 0 Å². The van der Waals surface area contributed by atoms with Gasteiger partial charge in [0.1, 0.15) is 0 Å². The lowest BCUT2D eigenvalue weighted by Gasteiger charge is -2.23. The molecule has 6 heteroatoms. The van der Waals surface area contributed by atoms with Gasteiger partial charge in [0.25, 0.3) is 0 Å². The maximum absolute atomic E-state index is 12.4. The second-order valence-electron chi connectivity index (χ2n) is 6.33. The second kappa shape index (κ2) is 7.58. The van der Waals surface area contributed by atoms with Crippen molar-refractivity contribution in [3.8, 4) is 0 Å². The minimum Gasteiger partial charge on any atom is -0.469 e. The number of hydrogen-bond donors (Lipinski definition) is 1. The molecule has 5 nitrogen and oxygen atoms in total. The van der Waals surface area contributed by atoms with E-state index in [4.69, 9.17) is 4.74 Å². The van der Waals surface area contributed by atoms with Crippen LogP contribution in [0.3, 0.4) is 0 Å². The molecule has 122 valence electrons. The molecule has 2 aliphatic carbocycles. The van der Waals surface area contributed by atoms with E-state index in [9.17, 15) is 13.2 Å². The van der Waals surface area contributed by atoms with Crippen LogP contribution in [0, 0.1) is 11.8 Å².